The lowest BCUT2D eigenvalue weighted by Gasteiger charge is -2.25. The molecule has 0 spiro atoms. The van der Waals surface area contributed by atoms with Crippen molar-refractivity contribution in [2.24, 2.45) is 0 Å². The number of carbonyl (C=O) groups is 1. The Balaban J connectivity index is 1.62. The van der Waals surface area contributed by atoms with Gasteiger partial charge >= 0.3 is 0 Å². The van der Waals surface area contributed by atoms with Gasteiger partial charge in [-0.3, -0.25) is 4.79 Å². The fourth-order valence-corrected chi connectivity index (χ4v) is 4.02. The Hall–Kier alpha value is -2.69. The monoisotopic (exact) mass is 362 g/mol. The zero-order valence-corrected chi connectivity index (χ0v) is 16.2. The number of carbonyl (C=O) groups excluding carboxylic acids is 1. The molecule has 0 saturated carbocycles. The predicted octanol–water partition coefficient (Wildman–Crippen LogP) is 4.17. The van der Waals surface area contributed by atoms with E-state index in [1.165, 1.54) is 5.56 Å². The molecule has 4 rings (SSSR count). The first kappa shape index (κ1) is 17.7. The standard InChI is InChI=1S/C22H26N4O/c1-15(2)26-21-18(14-23-26)13-20(16(3)24-21)22(27)25-11-7-10-19(25)12-17-8-5-4-6-9-17/h4-6,8-9,13-15,19H,7,10-12H2,1-3H3. The van der Waals surface area contributed by atoms with Gasteiger partial charge in [0.15, 0.2) is 5.65 Å². The summed E-state index contributed by atoms with van der Waals surface area (Å²) in [6.07, 6.45) is 4.83. The summed E-state index contributed by atoms with van der Waals surface area (Å²) in [5.41, 5.74) is 3.61. The Morgan fingerprint density at radius 1 is 1.26 bits per heavy atom. The van der Waals surface area contributed by atoms with Crippen LogP contribution in [0.2, 0.25) is 0 Å². The molecule has 1 aliphatic rings. The molecule has 3 heterocycles. The minimum Gasteiger partial charge on any atom is -0.335 e. The molecule has 1 aliphatic heterocycles. The highest BCUT2D eigenvalue weighted by molar-refractivity contribution is 5.98. The zero-order valence-electron chi connectivity index (χ0n) is 16.2. The smallest absolute Gasteiger partial charge is 0.255 e. The molecule has 1 unspecified atom stereocenters. The van der Waals surface area contributed by atoms with Crippen molar-refractivity contribution in [2.75, 3.05) is 6.54 Å². The molecule has 1 atom stereocenters. The van der Waals surface area contributed by atoms with Crippen molar-refractivity contribution < 1.29 is 4.79 Å². The number of nitrogens with zero attached hydrogens (tertiary/aromatic N) is 4. The zero-order chi connectivity index (χ0) is 19.0. The van der Waals surface area contributed by atoms with Crippen LogP contribution in [-0.4, -0.2) is 38.2 Å². The highest BCUT2D eigenvalue weighted by Crippen LogP contribution is 2.26. The maximum Gasteiger partial charge on any atom is 0.255 e. The molecule has 1 amide bonds. The summed E-state index contributed by atoms with van der Waals surface area (Å²) < 4.78 is 1.91. The first-order valence-corrected chi connectivity index (χ1v) is 9.74. The van der Waals surface area contributed by atoms with Crippen molar-refractivity contribution in [2.45, 2.75) is 52.1 Å². The molecular formula is C22H26N4O. The van der Waals surface area contributed by atoms with E-state index in [-0.39, 0.29) is 18.0 Å². The molecule has 0 bridgehead atoms. The maximum atomic E-state index is 13.3. The van der Waals surface area contributed by atoms with Crippen LogP contribution in [-0.2, 0) is 6.42 Å². The molecular weight excluding hydrogens is 336 g/mol. The molecule has 0 aliphatic carbocycles. The predicted molar refractivity (Wildman–Crippen MR) is 107 cm³/mol. The normalized spacial score (nSPS) is 17.2. The van der Waals surface area contributed by atoms with E-state index in [0.29, 0.717) is 5.56 Å². The van der Waals surface area contributed by atoms with Gasteiger partial charge in [0.2, 0.25) is 0 Å². The highest BCUT2D eigenvalue weighted by atomic mass is 16.2. The minimum absolute atomic E-state index is 0.0950. The number of benzene rings is 1. The second kappa shape index (κ2) is 7.14. The van der Waals surface area contributed by atoms with Crippen molar-refractivity contribution in [1.82, 2.24) is 19.7 Å². The van der Waals surface area contributed by atoms with Gasteiger partial charge in [0.1, 0.15) is 0 Å². The van der Waals surface area contributed by atoms with Crippen molar-refractivity contribution in [1.29, 1.82) is 0 Å². The lowest BCUT2D eigenvalue weighted by molar-refractivity contribution is 0.0735. The van der Waals surface area contributed by atoms with E-state index < -0.39 is 0 Å². The summed E-state index contributed by atoms with van der Waals surface area (Å²) in [7, 11) is 0. The average molecular weight is 362 g/mol. The van der Waals surface area contributed by atoms with E-state index in [9.17, 15) is 4.79 Å². The number of fused-ring (bicyclic) bond motifs is 1. The van der Waals surface area contributed by atoms with Crippen LogP contribution in [0, 0.1) is 6.92 Å². The fraction of sp³-hybridized carbons (Fsp3) is 0.409. The third kappa shape index (κ3) is 3.34. The lowest BCUT2D eigenvalue weighted by Crippen LogP contribution is -2.37. The third-order valence-electron chi connectivity index (χ3n) is 5.43. The van der Waals surface area contributed by atoms with E-state index in [1.807, 2.05) is 34.8 Å². The number of hydrogen-bond donors (Lipinski definition) is 0. The average Bonchev–Trinajstić information content (AvgIpc) is 3.28. The van der Waals surface area contributed by atoms with Crippen molar-refractivity contribution in [3.8, 4) is 0 Å². The lowest BCUT2D eigenvalue weighted by atomic mass is 10.0. The minimum atomic E-state index is 0.0950. The molecule has 5 nitrogen and oxygen atoms in total. The summed E-state index contributed by atoms with van der Waals surface area (Å²) in [4.78, 5) is 20.1. The van der Waals surface area contributed by atoms with Gasteiger partial charge in [-0.1, -0.05) is 30.3 Å². The van der Waals surface area contributed by atoms with Crippen molar-refractivity contribution in [3.63, 3.8) is 0 Å². The molecule has 2 aromatic heterocycles. The Morgan fingerprint density at radius 3 is 2.78 bits per heavy atom. The largest absolute Gasteiger partial charge is 0.335 e. The SMILES string of the molecule is Cc1nc2c(cnn2C(C)C)cc1C(=O)N1CCCC1Cc1ccccc1. The van der Waals surface area contributed by atoms with E-state index in [1.54, 1.807) is 0 Å². The number of amides is 1. The molecule has 1 saturated heterocycles. The number of aryl methyl sites for hydroxylation is 1. The maximum absolute atomic E-state index is 13.3. The molecule has 0 N–H and O–H groups in total. The molecule has 1 fully saturated rings. The third-order valence-corrected chi connectivity index (χ3v) is 5.43. The van der Waals surface area contributed by atoms with E-state index >= 15 is 0 Å². The van der Waals surface area contributed by atoms with E-state index in [4.69, 9.17) is 4.98 Å². The van der Waals surface area contributed by atoms with Gasteiger partial charge in [-0.05, 0) is 51.7 Å². The summed E-state index contributed by atoms with van der Waals surface area (Å²) in [5, 5.41) is 5.36. The number of aromatic nitrogens is 3. The summed E-state index contributed by atoms with van der Waals surface area (Å²) >= 11 is 0. The molecule has 5 heteroatoms. The first-order chi connectivity index (χ1) is 13.0. The van der Waals surface area contributed by atoms with Crippen LogP contribution in [0.1, 0.15) is 54.3 Å². The van der Waals surface area contributed by atoms with Gasteiger partial charge < -0.3 is 4.90 Å². The van der Waals surface area contributed by atoms with Gasteiger partial charge in [-0.25, -0.2) is 9.67 Å². The Labute approximate surface area is 160 Å². The van der Waals surface area contributed by atoms with Crippen LogP contribution in [0.4, 0.5) is 0 Å². The number of rotatable bonds is 4. The van der Waals surface area contributed by atoms with Gasteiger partial charge in [0, 0.05) is 24.0 Å². The molecule has 140 valence electrons. The van der Waals surface area contributed by atoms with Gasteiger partial charge in [-0.15, -0.1) is 0 Å². The Morgan fingerprint density at radius 2 is 2.04 bits per heavy atom. The highest BCUT2D eigenvalue weighted by Gasteiger charge is 2.30. The van der Waals surface area contributed by atoms with E-state index in [0.717, 1.165) is 42.5 Å². The van der Waals surface area contributed by atoms with Crippen LogP contribution in [0.5, 0.6) is 0 Å². The van der Waals surface area contributed by atoms with Crippen molar-refractivity contribution >= 4 is 16.9 Å². The summed E-state index contributed by atoms with van der Waals surface area (Å²) in [6, 6.07) is 12.9. The van der Waals surface area contributed by atoms with Crippen molar-refractivity contribution in [3.05, 3.63) is 59.4 Å². The first-order valence-electron chi connectivity index (χ1n) is 9.74. The number of hydrogen-bond acceptors (Lipinski definition) is 3. The number of pyridine rings is 1. The van der Waals surface area contributed by atoms with E-state index in [2.05, 4.69) is 43.2 Å². The van der Waals surface area contributed by atoms with Crippen LogP contribution in [0.25, 0.3) is 11.0 Å². The van der Waals surface area contributed by atoms with Gasteiger partial charge in [0.25, 0.3) is 5.91 Å². The summed E-state index contributed by atoms with van der Waals surface area (Å²) in [6.45, 7) is 6.91. The Bertz CT molecular complexity index is 961. The second-order valence-electron chi connectivity index (χ2n) is 7.70. The molecule has 27 heavy (non-hydrogen) atoms. The number of likely N-dealkylation sites (tertiary alicyclic amines) is 1. The van der Waals surface area contributed by atoms with Gasteiger partial charge in [0.05, 0.1) is 17.5 Å². The fourth-order valence-electron chi connectivity index (χ4n) is 4.02. The quantitative estimate of drug-likeness (QED) is 0.700. The molecule has 1 aromatic carbocycles. The topological polar surface area (TPSA) is 51.0 Å². The van der Waals surface area contributed by atoms with Crippen LogP contribution >= 0.6 is 0 Å². The molecule has 3 aromatic rings. The van der Waals surface area contributed by atoms with Gasteiger partial charge in [-0.2, -0.15) is 5.10 Å². The van der Waals surface area contributed by atoms with Crippen LogP contribution in [0.3, 0.4) is 0 Å². The molecule has 0 radical (unpaired) electrons. The second-order valence-corrected chi connectivity index (χ2v) is 7.70. The Kier molecular flexibility index (Phi) is 4.68. The van der Waals surface area contributed by atoms with Crippen LogP contribution < -0.4 is 0 Å². The van der Waals surface area contributed by atoms with Crippen LogP contribution in [0.15, 0.2) is 42.6 Å². The summed E-state index contributed by atoms with van der Waals surface area (Å²) in [5.74, 6) is 0.0950.